The van der Waals surface area contributed by atoms with Crippen LogP contribution in [0.3, 0.4) is 0 Å². The topological polar surface area (TPSA) is 51.0 Å². The maximum atomic E-state index is 5.40. The number of aliphatic imine (C=N–C) groups is 1. The smallest absolute Gasteiger partial charge is 0.164 e. The second-order valence-corrected chi connectivity index (χ2v) is 13.1. The molecular formula is C43H32N4. The maximum absolute atomic E-state index is 5.40. The highest BCUT2D eigenvalue weighted by atomic mass is 15.0. The molecule has 1 unspecified atom stereocenters. The molecule has 0 N–H and O–H groups in total. The molecule has 0 bridgehead atoms. The predicted molar refractivity (Wildman–Crippen MR) is 192 cm³/mol. The van der Waals surface area contributed by atoms with Crippen LogP contribution >= 0.6 is 0 Å². The van der Waals surface area contributed by atoms with E-state index in [1.807, 2.05) is 36.4 Å². The van der Waals surface area contributed by atoms with Gasteiger partial charge in [0.15, 0.2) is 17.5 Å². The summed E-state index contributed by atoms with van der Waals surface area (Å²) in [5.74, 6) is 2.03. The lowest BCUT2D eigenvalue weighted by Crippen LogP contribution is -2.22. The number of hydrogen-bond donors (Lipinski definition) is 0. The van der Waals surface area contributed by atoms with Crippen LogP contribution in [-0.2, 0) is 5.41 Å². The van der Waals surface area contributed by atoms with Crippen molar-refractivity contribution < 1.29 is 0 Å². The highest BCUT2D eigenvalue weighted by Gasteiger charge is 2.42. The molecule has 6 aromatic rings. The van der Waals surface area contributed by atoms with Gasteiger partial charge in [-0.05, 0) is 57.7 Å². The van der Waals surface area contributed by atoms with Crippen LogP contribution in [0.1, 0.15) is 42.8 Å². The largest absolute Gasteiger partial charge is 0.252 e. The summed E-state index contributed by atoms with van der Waals surface area (Å²) in [6.07, 6.45) is 5.42. The first-order valence-electron chi connectivity index (χ1n) is 16.2. The van der Waals surface area contributed by atoms with Crippen LogP contribution in [0.15, 0.2) is 156 Å². The first-order valence-corrected chi connectivity index (χ1v) is 16.2. The molecule has 2 heterocycles. The molecular weight excluding hydrogens is 573 g/mol. The van der Waals surface area contributed by atoms with E-state index in [4.69, 9.17) is 19.9 Å². The van der Waals surface area contributed by atoms with Gasteiger partial charge in [0, 0.05) is 39.3 Å². The van der Waals surface area contributed by atoms with Gasteiger partial charge < -0.3 is 0 Å². The summed E-state index contributed by atoms with van der Waals surface area (Å²) in [6.45, 7) is 4.67. The van der Waals surface area contributed by atoms with E-state index < -0.39 is 0 Å². The molecule has 0 spiro atoms. The number of aromatic nitrogens is 3. The third kappa shape index (κ3) is 4.59. The van der Waals surface area contributed by atoms with Gasteiger partial charge in [0.05, 0.1) is 5.71 Å². The Balaban J connectivity index is 1.27. The van der Waals surface area contributed by atoms with Crippen molar-refractivity contribution in [3.8, 4) is 22.8 Å². The lowest BCUT2D eigenvalue weighted by Gasteiger charge is -2.32. The van der Waals surface area contributed by atoms with Gasteiger partial charge in [-0.15, -0.1) is 0 Å². The van der Waals surface area contributed by atoms with Crippen LogP contribution in [0.4, 0.5) is 0 Å². The molecule has 9 rings (SSSR count). The molecule has 1 aromatic heterocycles. The van der Waals surface area contributed by atoms with E-state index in [1.165, 1.54) is 33.0 Å². The van der Waals surface area contributed by atoms with Crippen molar-refractivity contribution in [2.24, 2.45) is 10.9 Å². The van der Waals surface area contributed by atoms with Crippen molar-refractivity contribution in [1.29, 1.82) is 0 Å². The van der Waals surface area contributed by atoms with Crippen LogP contribution in [0, 0.1) is 5.92 Å². The summed E-state index contributed by atoms with van der Waals surface area (Å²) in [5, 5.41) is 2.40. The third-order valence-electron chi connectivity index (χ3n) is 9.90. The zero-order valence-corrected chi connectivity index (χ0v) is 26.4. The third-order valence-corrected chi connectivity index (χ3v) is 9.90. The number of rotatable bonds is 4. The van der Waals surface area contributed by atoms with Crippen LogP contribution in [0.2, 0.25) is 0 Å². The van der Waals surface area contributed by atoms with Crippen molar-refractivity contribution in [3.05, 3.63) is 173 Å². The van der Waals surface area contributed by atoms with Crippen molar-refractivity contribution in [3.63, 3.8) is 0 Å². The Morgan fingerprint density at radius 1 is 0.574 bits per heavy atom. The summed E-state index contributed by atoms with van der Waals surface area (Å²) < 4.78 is 0. The molecule has 1 aliphatic heterocycles. The van der Waals surface area contributed by atoms with Gasteiger partial charge in [0.1, 0.15) is 0 Å². The number of allylic oxidation sites excluding steroid dienone is 5. The molecule has 0 saturated heterocycles. The van der Waals surface area contributed by atoms with Gasteiger partial charge in [-0.3, -0.25) is 4.99 Å². The fourth-order valence-corrected chi connectivity index (χ4v) is 7.46. The predicted octanol–water partition coefficient (Wildman–Crippen LogP) is 9.89. The molecule has 224 valence electrons. The second kappa shape index (κ2) is 10.7. The summed E-state index contributed by atoms with van der Waals surface area (Å²) in [5.41, 5.74) is 11.4. The second-order valence-electron chi connectivity index (χ2n) is 13.1. The summed E-state index contributed by atoms with van der Waals surface area (Å²) in [4.78, 5) is 20.8. The molecule has 3 aliphatic rings. The average Bonchev–Trinajstić information content (AvgIpc) is 3.35. The van der Waals surface area contributed by atoms with Gasteiger partial charge in [0.2, 0.25) is 0 Å². The van der Waals surface area contributed by atoms with Gasteiger partial charge >= 0.3 is 0 Å². The summed E-state index contributed by atoms with van der Waals surface area (Å²) >= 11 is 0. The van der Waals surface area contributed by atoms with Gasteiger partial charge in [-0.1, -0.05) is 135 Å². The van der Waals surface area contributed by atoms with E-state index >= 15 is 0 Å². The number of benzene rings is 5. The molecule has 47 heavy (non-hydrogen) atoms. The highest BCUT2D eigenvalue weighted by Crippen LogP contribution is 2.54. The van der Waals surface area contributed by atoms with Gasteiger partial charge in [0.25, 0.3) is 0 Å². The Kier molecular flexibility index (Phi) is 6.26. The molecule has 1 atom stereocenters. The van der Waals surface area contributed by atoms with E-state index in [2.05, 4.69) is 117 Å². The van der Waals surface area contributed by atoms with Crippen LogP contribution < -0.4 is 0 Å². The average molecular weight is 605 g/mol. The molecule has 0 fully saturated rings. The molecule has 0 amide bonds. The zero-order chi connectivity index (χ0) is 31.5. The van der Waals surface area contributed by atoms with E-state index in [9.17, 15) is 0 Å². The van der Waals surface area contributed by atoms with Crippen LogP contribution in [-0.4, -0.2) is 20.7 Å². The fraction of sp³-hybridized carbons (Fsp3) is 0.116. The minimum absolute atomic E-state index is 0.00885. The first kappa shape index (κ1) is 27.6. The lowest BCUT2D eigenvalue weighted by atomic mass is 9.75. The molecule has 4 nitrogen and oxygen atoms in total. The van der Waals surface area contributed by atoms with Crippen LogP contribution in [0.5, 0.6) is 0 Å². The number of dihydropyridines is 1. The number of fused-ring (bicyclic) bond motifs is 4. The number of hydrogen-bond acceptors (Lipinski definition) is 4. The maximum Gasteiger partial charge on any atom is 0.164 e. The Bertz CT molecular complexity index is 2290. The Morgan fingerprint density at radius 2 is 1.19 bits per heavy atom. The molecule has 2 aliphatic carbocycles. The van der Waals surface area contributed by atoms with Crippen molar-refractivity contribution in [1.82, 2.24) is 15.0 Å². The summed E-state index contributed by atoms with van der Waals surface area (Å²) in [6, 6.07) is 44.3. The Labute approximate surface area is 274 Å². The van der Waals surface area contributed by atoms with Crippen molar-refractivity contribution in [2.75, 3.05) is 0 Å². The summed E-state index contributed by atoms with van der Waals surface area (Å²) in [7, 11) is 0. The normalized spacial score (nSPS) is 17.7. The zero-order valence-electron chi connectivity index (χ0n) is 26.4. The molecule has 4 heteroatoms. The SMILES string of the molecule is CC1(C)C2=C(CC3C(=C2)N=C(c2ccc4ccccc4c2)C=C3c2nc(-c3ccccc3)nc(-c3ccccc3)n2)c2ccccc21. The van der Waals surface area contributed by atoms with Gasteiger partial charge in [-0.25, -0.2) is 15.0 Å². The molecule has 5 aromatic carbocycles. The minimum atomic E-state index is -0.0992. The van der Waals surface area contributed by atoms with E-state index in [0.717, 1.165) is 40.1 Å². The minimum Gasteiger partial charge on any atom is -0.252 e. The first-order chi connectivity index (χ1) is 23.0. The Hall–Kier alpha value is -5.74. The molecule has 0 radical (unpaired) electrons. The molecule has 0 saturated carbocycles. The quantitative estimate of drug-likeness (QED) is 0.201. The van der Waals surface area contributed by atoms with Crippen molar-refractivity contribution >= 4 is 27.6 Å². The van der Waals surface area contributed by atoms with E-state index in [0.29, 0.717) is 17.5 Å². The van der Waals surface area contributed by atoms with E-state index in [1.54, 1.807) is 0 Å². The monoisotopic (exact) mass is 604 g/mol. The number of nitrogens with zero attached hydrogens (tertiary/aromatic N) is 4. The van der Waals surface area contributed by atoms with Gasteiger partial charge in [-0.2, -0.15) is 0 Å². The Morgan fingerprint density at radius 3 is 1.91 bits per heavy atom. The lowest BCUT2D eigenvalue weighted by molar-refractivity contribution is 0.642. The van der Waals surface area contributed by atoms with Crippen molar-refractivity contribution in [2.45, 2.75) is 25.7 Å². The highest BCUT2D eigenvalue weighted by molar-refractivity contribution is 6.15. The fourth-order valence-electron chi connectivity index (χ4n) is 7.46. The van der Waals surface area contributed by atoms with E-state index in [-0.39, 0.29) is 11.3 Å². The van der Waals surface area contributed by atoms with Crippen LogP contribution in [0.25, 0.3) is 44.7 Å². The standard InChI is InChI=1S/C43H32N4/c1-43(2)36-20-12-11-19-32(36)33-24-34-35(25-38(44-39(34)26-37(33)43)31-22-21-27-13-9-10-18-30(27)23-31)42-46-40(28-14-5-3-6-15-28)45-41(47-42)29-16-7-4-8-17-29/h3-23,25-26,34H,24H2,1-2H3.